The fourth-order valence-electron chi connectivity index (χ4n) is 2.14. The molecule has 0 unspecified atom stereocenters. The fraction of sp³-hybridized carbons (Fsp3) is 0.467. The molecule has 0 saturated carbocycles. The number of nitrogens with zero attached hydrogens (tertiary/aromatic N) is 3. The Morgan fingerprint density at radius 3 is 2.67 bits per heavy atom. The molecule has 1 heterocycles. The minimum absolute atomic E-state index is 0.0695. The summed E-state index contributed by atoms with van der Waals surface area (Å²) in [4.78, 5) is 2.14. The SMILES string of the molecule is CN(Cc1nnc(-c2ccccc2Br)o1)CC(C)(C)CN. The Bertz CT molecular complexity index is 597. The third-order valence-corrected chi connectivity index (χ3v) is 3.92. The van der Waals surface area contributed by atoms with Crippen LogP contribution in [0.4, 0.5) is 0 Å². The second-order valence-electron chi connectivity index (χ2n) is 6.02. The van der Waals surface area contributed by atoms with Gasteiger partial charge in [0.25, 0.3) is 0 Å². The Hall–Kier alpha value is -1.24. The predicted molar refractivity (Wildman–Crippen MR) is 86.6 cm³/mol. The Labute approximate surface area is 133 Å². The molecule has 2 aromatic rings. The first kappa shape index (κ1) is 16.1. The standard InChI is InChI=1S/C15H21BrN4O/c1-15(2,9-17)10-20(3)8-13-18-19-14(21-13)11-6-4-5-7-12(11)16/h4-7H,8-10,17H2,1-3H3. The van der Waals surface area contributed by atoms with Gasteiger partial charge in [0.15, 0.2) is 0 Å². The summed E-state index contributed by atoms with van der Waals surface area (Å²) in [6, 6.07) is 7.80. The van der Waals surface area contributed by atoms with Crippen molar-refractivity contribution < 1.29 is 4.42 Å². The number of hydrogen-bond donors (Lipinski definition) is 1. The van der Waals surface area contributed by atoms with E-state index in [4.69, 9.17) is 10.2 Å². The van der Waals surface area contributed by atoms with Crippen molar-refractivity contribution in [2.24, 2.45) is 11.1 Å². The van der Waals surface area contributed by atoms with Crippen LogP contribution in [0.25, 0.3) is 11.5 Å². The van der Waals surface area contributed by atoms with Gasteiger partial charge in [-0.25, -0.2) is 0 Å². The van der Waals surface area contributed by atoms with E-state index in [1.165, 1.54) is 0 Å². The van der Waals surface area contributed by atoms with Gasteiger partial charge in [-0.05, 0) is 47.1 Å². The van der Waals surface area contributed by atoms with E-state index >= 15 is 0 Å². The zero-order valence-corrected chi connectivity index (χ0v) is 14.2. The van der Waals surface area contributed by atoms with Crippen LogP contribution in [0.15, 0.2) is 33.2 Å². The highest BCUT2D eigenvalue weighted by Crippen LogP contribution is 2.27. The molecule has 1 aromatic heterocycles. The van der Waals surface area contributed by atoms with Crippen LogP contribution in [0.2, 0.25) is 0 Å². The topological polar surface area (TPSA) is 68.2 Å². The quantitative estimate of drug-likeness (QED) is 0.865. The minimum Gasteiger partial charge on any atom is -0.419 e. The highest BCUT2D eigenvalue weighted by atomic mass is 79.9. The average Bonchev–Trinajstić information content (AvgIpc) is 2.86. The molecular weight excluding hydrogens is 332 g/mol. The van der Waals surface area contributed by atoms with Crippen LogP contribution in [0.1, 0.15) is 19.7 Å². The van der Waals surface area contributed by atoms with Crippen molar-refractivity contribution in [2.45, 2.75) is 20.4 Å². The van der Waals surface area contributed by atoms with Crippen LogP contribution in [0.3, 0.4) is 0 Å². The smallest absolute Gasteiger partial charge is 0.248 e. The second-order valence-corrected chi connectivity index (χ2v) is 6.88. The lowest BCUT2D eigenvalue weighted by Gasteiger charge is -2.27. The third kappa shape index (κ3) is 4.36. The van der Waals surface area contributed by atoms with Gasteiger partial charge in [-0.15, -0.1) is 10.2 Å². The van der Waals surface area contributed by atoms with Gasteiger partial charge in [0.05, 0.1) is 12.1 Å². The maximum Gasteiger partial charge on any atom is 0.248 e. The number of aromatic nitrogens is 2. The monoisotopic (exact) mass is 352 g/mol. The van der Waals surface area contributed by atoms with E-state index in [1.807, 2.05) is 31.3 Å². The van der Waals surface area contributed by atoms with Crippen molar-refractivity contribution in [1.82, 2.24) is 15.1 Å². The molecule has 0 saturated heterocycles. The number of nitrogens with two attached hydrogens (primary N) is 1. The molecule has 0 amide bonds. The lowest BCUT2D eigenvalue weighted by molar-refractivity contribution is 0.196. The van der Waals surface area contributed by atoms with Gasteiger partial charge < -0.3 is 10.2 Å². The number of rotatable bonds is 6. The second kappa shape index (κ2) is 6.68. The van der Waals surface area contributed by atoms with Crippen LogP contribution in [-0.2, 0) is 6.54 Å². The first-order valence-corrected chi connectivity index (χ1v) is 7.66. The van der Waals surface area contributed by atoms with Crippen LogP contribution in [0.5, 0.6) is 0 Å². The van der Waals surface area contributed by atoms with E-state index in [0.29, 0.717) is 24.9 Å². The van der Waals surface area contributed by atoms with Gasteiger partial charge in [0, 0.05) is 11.0 Å². The van der Waals surface area contributed by atoms with Crippen molar-refractivity contribution >= 4 is 15.9 Å². The summed E-state index contributed by atoms with van der Waals surface area (Å²) in [7, 11) is 2.03. The molecule has 5 nitrogen and oxygen atoms in total. The van der Waals surface area contributed by atoms with E-state index in [2.05, 4.69) is 44.9 Å². The summed E-state index contributed by atoms with van der Waals surface area (Å²) < 4.78 is 6.69. The van der Waals surface area contributed by atoms with Crippen molar-refractivity contribution in [3.63, 3.8) is 0 Å². The molecular formula is C15H21BrN4O. The molecule has 1 aromatic carbocycles. The van der Waals surface area contributed by atoms with Crippen LogP contribution < -0.4 is 5.73 Å². The molecule has 0 aliphatic carbocycles. The van der Waals surface area contributed by atoms with Gasteiger partial charge in [0.1, 0.15) is 0 Å². The van der Waals surface area contributed by atoms with Crippen molar-refractivity contribution in [3.05, 3.63) is 34.6 Å². The van der Waals surface area contributed by atoms with Crippen molar-refractivity contribution in [3.8, 4) is 11.5 Å². The first-order chi connectivity index (χ1) is 9.91. The fourth-order valence-corrected chi connectivity index (χ4v) is 2.60. The largest absolute Gasteiger partial charge is 0.419 e. The molecule has 114 valence electrons. The molecule has 0 atom stereocenters. The highest BCUT2D eigenvalue weighted by Gasteiger charge is 2.20. The van der Waals surface area contributed by atoms with E-state index in [1.54, 1.807) is 0 Å². The number of hydrogen-bond acceptors (Lipinski definition) is 5. The number of benzene rings is 1. The maximum atomic E-state index is 5.76. The molecule has 2 rings (SSSR count). The average molecular weight is 353 g/mol. The zero-order chi connectivity index (χ0) is 15.5. The van der Waals surface area contributed by atoms with E-state index in [0.717, 1.165) is 16.6 Å². The summed E-state index contributed by atoms with van der Waals surface area (Å²) >= 11 is 3.49. The van der Waals surface area contributed by atoms with E-state index in [-0.39, 0.29) is 5.41 Å². The van der Waals surface area contributed by atoms with Gasteiger partial charge in [0.2, 0.25) is 11.8 Å². The lowest BCUT2D eigenvalue weighted by Crippen LogP contribution is -2.36. The lowest BCUT2D eigenvalue weighted by atomic mass is 9.93. The normalized spacial score (nSPS) is 12.1. The molecule has 0 bridgehead atoms. The van der Waals surface area contributed by atoms with Crippen LogP contribution in [-0.4, -0.2) is 35.2 Å². The van der Waals surface area contributed by atoms with Crippen molar-refractivity contribution in [1.29, 1.82) is 0 Å². The summed E-state index contributed by atoms with van der Waals surface area (Å²) in [6.07, 6.45) is 0. The Morgan fingerprint density at radius 2 is 2.00 bits per heavy atom. The predicted octanol–water partition coefficient (Wildman–Crippen LogP) is 2.92. The first-order valence-electron chi connectivity index (χ1n) is 6.87. The molecule has 0 aliphatic rings. The molecule has 21 heavy (non-hydrogen) atoms. The van der Waals surface area contributed by atoms with Gasteiger partial charge in [-0.1, -0.05) is 26.0 Å². The third-order valence-electron chi connectivity index (χ3n) is 3.23. The van der Waals surface area contributed by atoms with Gasteiger partial charge in [-0.3, -0.25) is 4.90 Å². The van der Waals surface area contributed by atoms with Crippen LogP contribution >= 0.6 is 15.9 Å². The van der Waals surface area contributed by atoms with Crippen molar-refractivity contribution in [2.75, 3.05) is 20.1 Å². The summed E-state index contributed by atoms with van der Waals surface area (Å²) in [5.74, 6) is 1.14. The van der Waals surface area contributed by atoms with E-state index in [9.17, 15) is 0 Å². The molecule has 0 aliphatic heterocycles. The number of halogens is 1. The zero-order valence-electron chi connectivity index (χ0n) is 12.6. The summed E-state index contributed by atoms with van der Waals surface area (Å²) in [5, 5.41) is 8.24. The molecule has 0 fully saturated rings. The van der Waals surface area contributed by atoms with Gasteiger partial charge in [-0.2, -0.15) is 0 Å². The maximum absolute atomic E-state index is 5.76. The molecule has 0 spiro atoms. The highest BCUT2D eigenvalue weighted by molar-refractivity contribution is 9.10. The molecule has 6 heteroatoms. The Balaban J connectivity index is 2.06. The van der Waals surface area contributed by atoms with Crippen LogP contribution in [0, 0.1) is 5.41 Å². The summed E-state index contributed by atoms with van der Waals surface area (Å²) in [5.41, 5.74) is 6.73. The van der Waals surface area contributed by atoms with E-state index < -0.39 is 0 Å². The molecule has 2 N–H and O–H groups in total. The molecule has 0 radical (unpaired) electrons. The van der Waals surface area contributed by atoms with Gasteiger partial charge >= 0.3 is 0 Å². The Morgan fingerprint density at radius 1 is 1.29 bits per heavy atom. The minimum atomic E-state index is 0.0695. The Kier molecular flexibility index (Phi) is 5.13. The summed E-state index contributed by atoms with van der Waals surface area (Å²) in [6.45, 7) is 6.41.